The maximum absolute atomic E-state index is 13.1. The molecule has 2 aliphatic heterocycles. The summed E-state index contributed by atoms with van der Waals surface area (Å²) in [4.78, 5) is 0. The van der Waals surface area contributed by atoms with Crippen molar-refractivity contribution < 1.29 is 17.6 Å². The van der Waals surface area contributed by atoms with Crippen molar-refractivity contribution in [2.24, 2.45) is 5.92 Å². The number of hydrogen-bond acceptors (Lipinski definition) is 4. The van der Waals surface area contributed by atoms with E-state index in [9.17, 15) is 8.42 Å². The molecule has 1 aromatic rings. The van der Waals surface area contributed by atoms with E-state index in [1.807, 2.05) is 19.1 Å². The third-order valence-electron chi connectivity index (χ3n) is 4.74. The highest BCUT2D eigenvalue weighted by molar-refractivity contribution is 7.86. The van der Waals surface area contributed by atoms with Crippen LogP contribution in [0.25, 0.3) is 0 Å². The van der Waals surface area contributed by atoms with Crippen molar-refractivity contribution in [1.29, 1.82) is 0 Å². The second-order valence-electron chi connectivity index (χ2n) is 6.32. The Morgan fingerprint density at radius 1 is 1.30 bits per heavy atom. The van der Waals surface area contributed by atoms with Gasteiger partial charge in [0.25, 0.3) is 10.2 Å². The van der Waals surface area contributed by atoms with E-state index in [4.69, 9.17) is 9.15 Å². The number of furan rings is 1. The molecule has 2 fully saturated rings. The lowest BCUT2D eigenvalue weighted by Crippen LogP contribution is -2.48. The Hall–Kier alpha value is -0.890. The lowest BCUT2D eigenvalue weighted by atomic mass is 10.0. The van der Waals surface area contributed by atoms with Gasteiger partial charge in [0.15, 0.2) is 0 Å². The molecule has 0 radical (unpaired) electrons. The molecule has 6 nitrogen and oxygen atoms in total. The third-order valence-corrected chi connectivity index (χ3v) is 6.75. The van der Waals surface area contributed by atoms with Gasteiger partial charge in [-0.15, -0.1) is 0 Å². The molecule has 130 valence electrons. The van der Waals surface area contributed by atoms with Crippen LogP contribution in [0.5, 0.6) is 0 Å². The first-order valence-electron chi connectivity index (χ1n) is 8.51. The van der Waals surface area contributed by atoms with E-state index in [1.54, 1.807) is 14.9 Å². The van der Waals surface area contributed by atoms with Gasteiger partial charge >= 0.3 is 0 Å². The SMILES string of the molecule is CCOC[C@H]1CCCN(S(=O)(=O)N2CCC[C@@H]2c2ccco2)C1. The number of nitrogens with zero attached hydrogens (tertiary/aromatic N) is 2. The molecule has 3 rings (SSSR count). The lowest BCUT2D eigenvalue weighted by Gasteiger charge is -2.35. The predicted molar refractivity (Wildman–Crippen MR) is 87.1 cm³/mol. The molecule has 3 heterocycles. The zero-order valence-electron chi connectivity index (χ0n) is 13.7. The van der Waals surface area contributed by atoms with Gasteiger partial charge in [-0.2, -0.15) is 17.0 Å². The lowest BCUT2D eigenvalue weighted by molar-refractivity contribution is 0.0848. The van der Waals surface area contributed by atoms with Gasteiger partial charge in [0, 0.05) is 26.2 Å². The second-order valence-corrected chi connectivity index (χ2v) is 8.20. The second kappa shape index (κ2) is 7.34. The van der Waals surface area contributed by atoms with Crippen molar-refractivity contribution in [3.05, 3.63) is 24.2 Å². The summed E-state index contributed by atoms with van der Waals surface area (Å²) in [5.41, 5.74) is 0. The predicted octanol–water partition coefficient (Wildman–Crippen LogP) is 2.41. The summed E-state index contributed by atoms with van der Waals surface area (Å²) in [6.45, 7) is 5.02. The summed E-state index contributed by atoms with van der Waals surface area (Å²) < 4.78 is 40.4. The summed E-state index contributed by atoms with van der Waals surface area (Å²) in [7, 11) is -3.44. The van der Waals surface area contributed by atoms with E-state index in [-0.39, 0.29) is 6.04 Å². The minimum absolute atomic E-state index is 0.165. The Morgan fingerprint density at radius 2 is 2.13 bits per heavy atom. The maximum atomic E-state index is 13.1. The van der Waals surface area contributed by atoms with E-state index in [0.29, 0.717) is 38.8 Å². The van der Waals surface area contributed by atoms with Crippen LogP contribution < -0.4 is 0 Å². The summed E-state index contributed by atoms with van der Waals surface area (Å²) in [6.07, 6.45) is 5.24. The highest BCUT2D eigenvalue weighted by Gasteiger charge is 2.41. The summed E-state index contributed by atoms with van der Waals surface area (Å²) in [6, 6.07) is 3.52. The molecule has 2 saturated heterocycles. The van der Waals surface area contributed by atoms with E-state index in [1.165, 1.54) is 0 Å². The van der Waals surface area contributed by atoms with E-state index < -0.39 is 10.2 Å². The Balaban J connectivity index is 1.72. The first-order chi connectivity index (χ1) is 11.1. The van der Waals surface area contributed by atoms with Crippen molar-refractivity contribution in [2.75, 3.05) is 32.8 Å². The van der Waals surface area contributed by atoms with Crippen LogP contribution in [0.4, 0.5) is 0 Å². The normalized spacial score (nSPS) is 27.5. The summed E-state index contributed by atoms with van der Waals surface area (Å²) >= 11 is 0. The minimum Gasteiger partial charge on any atom is -0.468 e. The maximum Gasteiger partial charge on any atom is 0.282 e. The van der Waals surface area contributed by atoms with Crippen LogP contribution in [0.15, 0.2) is 22.8 Å². The molecule has 23 heavy (non-hydrogen) atoms. The van der Waals surface area contributed by atoms with Crippen LogP contribution in [-0.4, -0.2) is 49.9 Å². The minimum atomic E-state index is -3.44. The number of rotatable bonds is 6. The molecule has 0 bridgehead atoms. The quantitative estimate of drug-likeness (QED) is 0.796. The standard InChI is InChI=1S/C16H26N2O4S/c1-2-21-13-14-6-3-9-17(12-14)23(19,20)18-10-4-7-15(18)16-8-5-11-22-16/h5,8,11,14-15H,2-4,6-7,9-10,12-13H2,1H3/t14-,15+/m0/s1. The fourth-order valence-electron chi connectivity index (χ4n) is 3.59. The van der Waals surface area contributed by atoms with Gasteiger partial charge in [-0.25, -0.2) is 0 Å². The van der Waals surface area contributed by atoms with Crippen LogP contribution >= 0.6 is 0 Å². The zero-order valence-corrected chi connectivity index (χ0v) is 14.5. The van der Waals surface area contributed by atoms with E-state index in [0.717, 1.165) is 31.4 Å². The highest BCUT2D eigenvalue weighted by Crippen LogP contribution is 2.36. The molecule has 0 N–H and O–H groups in total. The van der Waals surface area contributed by atoms with Crippen molar-refractivity contribution in [2.45, 2.75) is 38.6 Å². The Labute approximate surface area is 138 Å². The van der Waals surface area contributed by atoms with Gasteiger partial charge in [-0.1, -0.05) is 0 Å². The van der Waals surface area contributed by atoms with Gasteiger partial charge in [0.05, 0.1) is 18.9 Å². The zero-order chi connectivity index (χ0) is 16.3. The molecule has 0 saturated carbocycles. The number of piperidine rings is 1. The molecular formula is C16H26N2O4S. The van der Waals surface area contributed by atoms with Crippen molar-refractivity contribution >= 4 is 10.2 Å². The summed E-state index contributed by atoms with van der Waals surface area (Å²) in [5.74, 6) is 1.04. The van der Waals surface area contributed by atoms with E-state index in [2.05, 4.69) is 0 Å². The van der Waals surface area contributed by atoms with Crippen LogP contribution in [0, 0.1) is 5.92 Å². The highest BCUT2D eigenvalue weighted by atomic mass is 32.2. The fourth-order valence-corrected chi connectivity index (χ4v) is 5.53. The molecule has 7 heteroatoms. The van der Waals surface area contributed by atoms with Gasteiger partial charge < -0.3 is 9.15 Å². The smallest absolute Gasteiger partial charge is 0.282 e. The first kappa shape index (κ1) is 17.0. The Bertz CT molecular complexity index is 587. The first-order valence-corrected chi connectivity index (χ1v) is 9.90. The van der Waals surface area contributed by atoms with Crippen LogP contribution in [0.2, 0.25) is 0 Å². The topological polar surface area (TPSA) is 63.0 Å². The van der Waals surface area contributed by atoms with Gasteiger partial charge in [-0.05, 0) is 50.7 Å². The van der Waals surface area contributed by atoms with E-state index >= 15 is 0 Å². The van der Waals surface area contributed by atoms with Crippen LogP contribution in [0.1, 0.15) is 44.4 Å². The monoisotopic (exact) mass is 342 g/mol. The fraction of sp³-hybridized carbons (Fsp3) is 0.750. The number of hydrogen-bond donors (Lipinski definition) is 0. The molecule has 0 unspecified atom stereocenters. The van der Waals surface area contributed by atoms with Crippen LogP contribution in [-0.2, 0) is 14.9 Å². The van der Waals surface area contributed by atoms with Crippen molar-refractivity contribution in [1.82, 2.24) is 8.61 Å². The number of ether oxygens (including phenoxy) is 1. The van der Waals surface area contributed by atoms with Crippen molar-refractivity contribution in [3.63, 3.8) is 0 Å². The average molecular weight is 342 g/mol. The molecule has 0 aliphatic carbocycles. The molecule has 0 amide bonds. The average Bonchev–Trinajstić information content (AvgIpc) is 3.23. The largest absolute Gasteiger partial charge is 0.468 e. The van der Waals surface area contributed by atoms with Gasteiger partial charge in [0.1, 0.15) is 5.76 Å². The van der Waals surface area contributed by atoms with Gasteiger partial charge in [-0.3, -0.25) is 0 Å². The molecule has 1 aromatic heterocycles. The summed E-state index contributed by atoms with van der Waals surface area (Å²) in [5, 5.41) is 0. The Kier molecular flexibility index (Phi) is 5.41. The van der Waals surface area contributed by atoms with Crippen molar-refractivity contribution in [3.8, 4) is 0 Å². The molecule has 2 atom stereocenters. The molecule has 0 spiro atoms. The molecular weight excluding hydrogens is 316 g/mol. The molecule has 2 aliphatic rings. The Morgan fingerprint density at radius 3 is 2.87 bits per heavy atom. The van der Waals surface area contributed by atoms with Crippen LogP contribution in [0.3, 0.4) is 0 Å². The molecule has 0 aromatic carbocycles. The third kappa shape index (κ3) is 3.63. The van der Waals surface area contributed by atoms with Gasteiger partial charge in [0.2, 0.25) is 0 Å².